The van der Waals surface area contributed by atoms with Gasteiger partial charge in [-0.3, -0.25) is 0 Å². The van der Waals surface area contributed by atoms with Crippen molar-refractivity contribution in [1.29, 1.82) is 0 Å². The fourth-order valence-corrected chi connectivity index (χ4v) is 2.09. The van der Waals surface area contributed by atoms with E-state index in [0.29, 0.717) is 17.9 Å². The summed E-state index contributed by atoms with van der Waals surface area (Å²) in [5.74, 6) is 0.477. The number of allylic oxidation sites excluding steroid dienone is 1. The van der Waals surface area contributed by atoms with Gasteiger partial charge in [0.2, 0.25) is 0 Å². The second-order valence-corrected chi connectivity index (χ2v) is 5.31. The van der Waals surface area contributed by atoms with Crippen molar-refractivity contribution in [1.82, 2.24) is 0 Å². The molecule has 2 atom stereocenters. The van der Waals surface area contributed by atoms with Crippen LogP contribution in [0.4, 0.5) is 0 Å². The Hall–Kier alpha value is -0.810. The van der Waals surface area contributed by atoms with Gasteiger partial charge in [0.1, 0.15) is 5.76 Å². The second-order valence-electron chi connectivity index (χ2n) is 3.14. The molecule has 1 aliphatic rings. The van der Waals surface area contributed by atoms with Crippen molar-refractivity contribution < 1.29 is 14.1 Å². The predicted molar refractivity (Wildman–Crippen MR) is 59.0 cm³/mol. The number of ether oxygens (including phenoxy) is 1. The zero-order valence-electron chi connectivity index (χ0n) is 8.56. The molecule has 1 unspecified atom stereocenters. The van der Waals surface area contributed by atoms with E-state index in [1.54, 1.807) is 6.92 Å². The summed E-state index contributed by atoms with van der Waals surface area (Å²) in [6, 6.07) is 0. The van der Waals surface area contributed by atoms with Crippen LogP contribution in [0.2, 0.25) is 0 Å². The second kappa shape index (κ2) is 4.14. The van der Waals surface area contributed by atoms with Crippen LogP contribution >= 0.6 is 0 Å². The highest BCUT2D eigenvalue weighted by atomic mass is 32.2. The van der Waals surface area contributed by atoms with Crippen LogP contribution in [0.3, 0.4) is 0 Å². The molecule has 0 spiro atoms. The van der Waals surface area contributed by atoms with Gasteiger partial charge in [-0.15, -0.1) is 0 Å². The van der Waals surface area contributed by atoms with Crippen molar-refractivity contribution in [3.05, 3.63) is 11.3 Å². The minimum absolute atomic E-state index is 0.477. The van der Waals surface area contributed by atoms with Crippen molar-refractivity contribution in [3.63, 3.8) is 0 Å². The number of aliphatic hydroxyl groups is 1. The Labute approximate surface area is 84.4 Å². The van der Waals surface area contributed by atoms with Gasteiger partial charge in [-0.25, -0.2) is 8.61 Å². The minimum atomic E-state index is -2.32. The van der Waals surface area contributed by atoms with Crippen molar-refractivity contribution in [3.8, 4) is 0 Å². The standard InChI is InChI=1S/C9H15NO3S/c1-4-13-9-6-14(3,12)10-5-8(9)7(2)11/h5-7,11H,4H2,1-3H3/t7-,14?/m0/s1. The Morgan fingerprint density at radius 2 is 2.36 bits per heavy atom. The van der Waals surface area contributed by atoms with Gasteiger partial charge >= 0.3 is 0 Å². The Balaban J connectivity index is 3.16. The molecule has 4 nitrogen and oxygen atoms in total. The molecule has 0 saturated carbocycles. The molecule has 80 valence electrons. The lowest BCUT2D eigenvalue weighted by molar-refractivity contribution is 0.212. The molecular weight excluding hydrogens is 202 g/mol. The first-order valence-electron chi connectivity index (χ1n) is 4.40. The van der Waals surface area contributed by atoms with Crippen LogP contribution in [0.25, 0.3) is 0 Å². The van der Waals surface area contributed by atoms with Crippen LogP contribution in [0, 0.1) is 0 Å². The van der Waals surface area contributed by atoms with Crippen LogP contribution in [0.5, 0.6) is 0 Å². The van der Waals surface area contributed by atoms with Crippen LogP contribution < -0.4 is 0 Å². The van der Waals surface area contributed by atoms with Gasteiger partial charge in [-0.2, -0.15) is 0 Å². The number of rotatable bonds is 3. The van der Waals surface area contributed by atoms with Gasteiger partial charge in [-0.1, -0.05) is 0 Å². The first kappa shape index (κ1) is 11.3. The predicted octanol–water partition coefficient (Wildman–Crippen LogP) is 0.374. The highest BCUT2D eigenvalue weighted by Crippen LogP contribution is 2.13. The highest BCUT2D eigenvalue weighted by molar-refractivity contribution is 7.99. The quantitative estimate of drug-likeness (QED) is 0.695. The summed E-state index contributed by atoms with van der Waals surface area (Å²) < 4.78 is 20.7. The van der Waals surface area contributed by atoms with Crippen LogP contribution in [0.15, 0.2) is 15.7 Å². The summed E-state index contributed by atoms with van der Waals surface area (Å²) in [5, 5.41) is 10.9. The third-order valence-electron chi connectivity index (χ3n) is 1.76. The van der Waals surface area contributed by atoms with E-state index in [2.05, 4.69) is 4.40 Å². The lowest BCUT2D eigenvalue weighted by atomic mass is 10.1. The van der Waals surface area contributed by atoms with E-state index < -0.39 is 15.8 Å². The van der Waals surface area contributed by atoms with Crippen LogP contribution in [0.1, 0.15) is 13.8 Å². The Bertz CT molecular complexity index is 387. The van der Waals surface area contributed by atoms with Crippen LogP contribution in [-0.2, 0) is 14.4 Å². The molecule has 1 heterocycles. The Morgan fingerprint density at radius 1 is 1.71 bits per heavy atom. The van der Waals surface area contributed by atoms with E-state index >= 15 is 0 Å². The average Bonchev–Trinajstić information content (AvgIpc) is 2.02. The molecular formula is C9H15NO3S. The van der Waals surface area contributed by atoms with Gasteiger partial charge in [0.15, 0.2) is 0 Å². The van der Waals surface area contributed by atoms with Crippen molar-refractivity contribution >= 4 is 21.3 Å². The minimum Gasteiger partial charge on any atom is -0.493 e. The lowest BCUT2D eigenvalue weighted by Gasteiger charge is -2.15. The summed E-state index contributed by atoms with van der Waals surface area (Å²) in [6.07, 6.45) is 2.30. The molecule has 1 aliphatic heterocycles. The van der Waals surface area contributed by atoms with E-state index in [1.165, 1.54) is 17.8 Å². The van der Waals surface area contributed by atoms with E-state index in [9.17, 15) is 9.32 Å². The monoisotopic (exact) mass is 217 g/mol. The molecule has 0 aromatic heterocycles. The number of hydrogen-bond donors (Lipinski definition) is 1. The van der Waals surface area contributed by atoms with E-state index in [0.717, 1.165) is 0 Å². The normalized spacial score (nSPS) is 28.6. The lowest BCUT2D eigenvalue weighted by Crippen LogP contribution is -2.18. The maximum atomic E-state index is 11.6. The summed E-state index contributed by atoms with van der Waals surface area (Å²) in [7, 11) is -2.32. The van der Waals surface area contributed by atoms with Crippen molar-refractivity contribution in [2.75, 3.05) is 12.9 Å². The van der Waals surface area contributed by atoms with E-state index in [-0.39, 0.29) is 0 Å². The smallest absolute Gasteiger partial charge is 0.136 e. The van der Waals surface area contributed by atoms with Crippen molar-refractivity contribution in [2.24, 2.45) is 4.40 Å². The molecule has 0 radical (unpaired) electrons. The first-order valence-corrected chi connectivity index (χ1v) is 6.39. The maximum absolute atomic E-state index is 11.6. The zero-order valence-corrected chi connectivity index (χ0v) is 9.37. The molecule has 5 heteroatoms. The fraction of sp³-hybridized carbons (Fsp3) is 0.556. The van der Waals surface area contributed by atoms with Crippen molar-refractivity contribution in [2.45, 2.75) is 20.0 Å². The summed E-state index contributed by atoms with van der Waals surface area (Å²) in [6.45, 7) is 3.94. The topological polar surface area (TPSA) is 58.9 Å². The SMILES string of the molecule is CCOC1=C([C@H](C)O)C=NS(C)(=O)=C1. The molecule has 1 rings (SSSR count). The van der Waals surface area contributed by atoms with E-state index in [1.807, 2.05) is 6.92 Å². The molecule has 14 heavy (non-hydrogen) atoms. The summed E-state index contributed by atoms with van der Waals surface area (Å²) >= 11 is 0. The molecule has 0 aromatic carbocycles. The molecule has 0 aliphatic carbocycles. The molecule has 0 fully saturated rings. The van der Waals surface area contributed by atoms with Gasteiger partial charge < -0.3 is 9.84 Å². The number of hydrogen-bond acceptors (Lipinski definition) is 3. The third kappa shape index (κ3) is 2.59. The fourth-order valence-electron chi connectivity index (χ4n) is 1.11. The molecule has 0 bridgehead atoms. The largest absolute Gasteiger partial charge is 0.493 e. The maximum Gasteiger partial charge on any atom is 0.136 e. The summed E-state index contributed by atoms with van der Waals surface area (Å²) in [4.78, 5) is 0. The molecule has 0 aromatic rings. The molecule has 0 amide bonds. The Kier molecular flexibility index (Phi) is 3.34. The highest BCUT2D eigenvalue weighted by Gasteiger charge is 2.15. The van der Waals surface area contributed by atoms with Gasteiger partial charge in [0.25, 0.3) is 0 Å². The third-order valence-corrected chi connectivity index (χ3v) is 2.94. The zero-order chi connectivity index (χ0) is 10.8. The van der Waals surface area contributed by atoms with Gasteiger partial charge in [0.05, 0.1) is 27.8 Å². The van der Waals surface area contributed by atoms with Crippen LogP contribution in [-0.4, -0.2) is 39.9 Å². The number of aliphatic hydroxyl groups excluding tert-OH is 1. The first-order chi connectivity index (χ1) is 6.46. The van der Waals surface area contributed by atoms with Gasteiger partial charge in [-0.05, 0) is 13.8 Å². The molecule has 0 saturated heterocycles. The summed E-state index contributed by atoms with van der Waals surface area (Å²) in [5.41, 5.74) is 0.577. The average molecular weight is 217 g/mol. The molecule has 1 N–H and O–H groups in total. The Morgan fingerprint density at radius 3 is 2.86 bits per heavy atom. The van der Waals surface area contributed by atoms with Gasteiger partial charge in [0, 0.05) is 18.0 Å². The number of nitrogens with zero attached hydrogens (tertiary/aromatic N) is 1. The van der Waals surface area contributed by atoms with E-state index in [4.69, 9.17) is 4.74 Å².